The number of hydrogen-bond donors (Lipinski definition) is 2. The van der Waals surface area contributed by atoms with E-state index in [1.165, 1.54) is 0 Å². The van der Waals surface area contributed by atoms with E-state index in [4.69, 9.17) is 4.74 Å². The molecule has 216 valence electrons. The maximum atomic E-state index is 14.5. The molecule has 2 N–H and O–H groups in total. The van der Waals surface area contributed by atoms with Gasteiger partial charge in [0.05, 0.1) is 11.7 Å². The molecule has 3 fully saturated rings. The van der Waals surface area contributed by atoms with Crippen LogP contribution in [0.4, 0.5) is 0 Å². The molecule has 0 unspecified atom stereocenters. The van der Waals surface area contributed by atoms with Gasteiger partial charge in [0.15, 0.2) is 0 Å². The zero-order chi connectivity index (χ0) is 29.3. The van der Waals surface area contributed by atoms with Gasteiger partial charge in [0.1, 0.15) is 11.2 Å². The number of H-pyrrole nitrogens is 1. The van der Waals surface area contributed by atoms with Crippen molar-refractivity contribution in [1.29, 1.82) is 0 Å². The number of benzene rings is 1. The third-order valence-electron chi connectivity index (χ3n) is 10.6. The topological polar surface area (TPSA) is 109 Å². The minimum absolute atomic E-state index is 0.0248. The van der Waals surface area contributed by atoms with E-state index in [-0.39, 0.29) is 60.3 Å². The number of carbonyl (C=O) groups is 4. The second kappa shape index (κ2) is 9.90. The van der Waals surface area contributed by atoms with E-state index in [2.05, 4.69) is 37.1 Å². The molecule has 0 radical (unpaired) electrons. The molecule has 7 heteroatoms. The first kappa shape index (κ1) is 27.8. The number of aromatic amines is 1. The highest BCUT2D eigenvalue weighted by Gasteiger charge is 2.79. The van der Waals surface area contributed by atoms with Crippen molar-refractivity contribution in [3.8, 4) is 0 Å². The molecule has 2 aliphatic carbocycles. The molecule has 0 bridgehead atoms. The van der Waals surface area contributed by atoms with Crippen LogP contribution in [0, 0.1) is 29.1 Å². The Morgan fingerprint density at radius 2 is 1.88 bits per heavy atom. The van der Waals surface area contributed by atoms with Crippen LogP contribution >= 0.6 is 0 Å². The van der Waals surface area contributed by atoms with Crippen molar-refractivity contribution in [3.05, 3.63) is 59.8 Å². The van der Waals surface area contributed by atoms with Crippen molar-refractivity contribution in [3.63, 3.8) is 0 Å². The van der Waals surface area contributed by atoms with Gasteiger partial charge in [0.2, 0.25) is 17.5 Å². The number of ether oxygens (including phenoxy) is 1. The first-order valence-electron chi connectivity index (χ1n) is 15.1. The number of rotatable bonds is 3. The predicted octanol–water partition coefficient (Wildman–Crippen LogP) is 5.22. The van der Waals surface area contributed by atoms with E-state index in [1.54, 1.807) is 6.92 Å². The number of carbonyl (C=O) groups excluding carboxylic acids is 4. The normalized spacial score (nSPS) is 40.2. The van der Waals surface area contributed by atoms with Crippen LogP contribution in [0.1, 0.15) is 71.8 Å². The van der Waals surface area contributed by atoms with Crippen LogP contribution in [0.15, 0.2) is 54.3 Å². The first-order valence-corrected chi connectivity index (χ1v) is 15.1. The molecule has 1 aromatic carbocycles. The van der Waals surface area contributed by atoms with Crippen molar-refractivity contribution in [2.75, 3.05) is 0 Å². The van der Waals surface area contributed by atoms with Gasteiger partial charge in [-0.3, -0.25) is 19.2 Å². The molecule has 6 rings (SSSR count). The number of hydrogen-bond acceptors (Lipinski definition) is 5. The van der Waals surface area contributed by atoms with Gasteiger partial charge in [-0.1, -0.05) is 63.6 Å². The fourth-order valence-electron chi connectivity index (χ4n) is 8.59. The van der Waals surface area contributed by atoms with Crippen molar-refractivity contribution in [2.45, 2.75) is 84.0 Å². The summed E-state index contributed by atoms with van der Waals surface area (Å²) in [5, 5.41) is 4.43. The summed E-state index contributed by atoms with van der Waals surface area (Å²) < 4.78 is 6.46. The highest BCUT2D eigenvalue weighted by atomic mass is 16.6. The van der Waals surface area contributed by atoms with Gasteiger partial charge in [0.25, 0.3) is 0 Å². The lowest BCUT2D eigenvalue weighted by molar-refractivity contribution is -0.149. The quantitative estimate of drug-likeness (QED) is 0.233. The molecule has 1 amide bonds. The molecule has 1 aromatic heterocycles. The molecule has 41 heavy (non-hydrogen) atoms. The van der Waals surface area contributed by atoms with Gasteiger partial charge < -0.3 is 15.0 Å². The SMILES string of the molecule is CC[C@H]1[C@H]2[C@H]([C@H](C)c3c[nH]c4ccccc34)NC(=O)[C@@]23C(=O)CCC(=O)C(=O)/C(C)=C/[C@@H](C)C/C=C/[C@H]3[C@@H]2O[C@]12C. The first-order chi connectivity index (χ1) is 19.5. The fourth-order valence-corrected chi connectivity index (χ4v) is 8.59. The monoisotopic (exact) mass is 556 g/mol. The number of para-hydroxylation sites is 1. The third kappa shape index (κ3) is 4.03. The zero-order valence-corrected chi connectivity index (χ0v) is 24.5. The number of Topliss-reactive ketones (excluding diaryl/α,β-unsaturated/α-hetero) is 3. The zero-order valence-electron chi connectivity index (χ0n) is 24.5. The van der Waals surface area contributed by atoms with Crippen molar-refractivity contribution < 1.29 is 23.9 Å². The molecular weight excluding hydrogens is 516 g/mol. The minimum atomic E-state index is -1.37. The van der Waals surface area contributed by atoms with E-state index in [0.29, 0.717) is 12.0 Å². The van der Waals surface area contributed by atoms with Crippen molar-refractivity contribution >= 4 is 34.2 Å². The summed E-state index contributed by atoms with van der Waals surface area (Å²) in [6.07, 6.45) is 8.70. The van der Waals surface area contributed by atoms with E-state index in [9.17, 15) is 19.2 Å². The number of fused-ring (bicyclic) bond motifs is 3. The Morgan fingerprint density at radius 1 is 1.12 bits per heavy atom. The molecule has 2 aromatic rings. The van der Waals surface area contributed by atoms with Gasteiger partial charge in [-0.2, -0.15) is 0 Å². The third-order valence-corrected chi connectivity index (χ3v) is 10.6. The second-order valence-electron chi connectivity index (χ2n) is 12.9. The van der Waals surface area contributed by atoms with Gasteiger partial charge in [-0.25, -0.2) is 0 Å². The minimum Gasteiger partial charge on any atom is -0.365 e. The second-order valence-corrected chi connectivity index (χ2v) is 12.9. The highest BCUT2D eigenvalue weighted by Crippen LogP contribution is 2.67. The van der Waals surface area contributed by atoms with Crippen LogP contribution < -0.4 is 5.32 Å². The number of aromatic nitrogens is 1. The van der Waals surface area contributed by atoms with E-state index < -0.39 is 28.5 Å². The Labute approximate surface area is 241 Å². The number of allylic oxidation sites excluding steroid dienone is 3. The van der Waals surface area contributed by atoms with Gasteiger partial charge in [0, 0.05) is 53.7 Å². The summed E-state index contributed by atoms with van der Waals surface area (Å²) in [6, 6.07) is 7.82. The van der Waals surface area contributed by atoms with Crippen molar-refractivity contribution in [2.24, 2.45) is 29.1 Å². The molecule has 7 nitrogen and oxygen atoms in total. The Kier molecular flexibility index (Phi) is 6.72. The van der Waals surface area contributed by atoms with Crippen LogP contribution in [0.5, 0.6) is 0 Å². The lowest BCUT2D eigenvalue weighted by atomic mass is 9.50. The summed E-state index contributed by atoms with van der Waals surface area (Å²) >= 11 is 0. The molecule has 9 atom stereocenters. The van der Waals surface area contributed by atoms with Crippen molar-refractivity contribution in [1.82, 2.24) is 10.3 Å². The molecule has 1 spiro atoms. The molecule has 2 saturated heterocycles. The Morgan fingerprint density at radius 3 is 2.63 bits per heavy atom. The largest absolute Gasteiger partial charge is 0.365 e. The molecular formula is C34H40N2O5. The smallest absolute Gasteiger partial charge is 0.235 e. The molecule has 3 heterocycles. The average Bonchev–Trinajstić information content (AvgIpc) is 3.31. The Hall–Kier alpha value is -3.32. The lowest BCUT2D eigenvalue weighted by Crippen LogP contribution is -2.59. The van der Waals surface area contributed by atoms with Crippen LogP contribution in [0.2, 0.25) is 0 Å². The van der Waals surface area contributed by atoms with E-state index in [1.807, 2.05) is 49.5 Å². The summed E-state index contributed by atoms with van der Waals surface area (Å²) in [6.45, 7) is 10.0. The van der Waals surface area contributed by atoms with Gasteiger partial charge >= 0.3 is 0 Å². The Balaban J connectivity index is 1.48. The number of ketones is 3. The van der Waals surface area contributed by atoms with Gasteiger partial charge in [-0.15, -0.1) is 0 Å². The summed E-state index contributed by atoms with van der Waals surface area (Å²) in [5.74, 6) is -2.52. The molecule has 2 aliphatic heterocycles. The number of epoxide rings is 1. The lowest BCUT2D eigenvalue weighted by Gasteiger charge is -2.47. The summed E-state index contributed by atoms with van der Waals surface area (Å²) in [4.78, 5) is 58.0. The maximum absolute atomic E-state index is 14.5. The van der Waals surface area contributed by atoms with Crippen LogP contribution in [0.25, 0.3) is 10.9 Å². The van der Waals surface area contributed by atoms with Crippen LogP contribution in [-0.2, 0) is 23.9 Å². The highest BCUT2D eigenvalue weighted by molar-refractivity contribution is 6.43. The molecule has 4 aliphatic rings. The summed E-state index contributed by atoms with van der Waals surface area (Å²) in [7, 11) is 0. The van der Waals surface area contributed by atoms with E-state index >= 15 is 0 Å². The standard InChI is InChI=1S/C34H40N2O5/c1-6-23-28-29(20(4)22-17-35-25-13-8-7-11-21(22)25)36-32(40)34(28)24(31-33(23,5)41-31)12-9-10-18(2)16-19(3)30(39)26(37)14-15-27(34)38/h7-9,11-13,16-18,20,23-24,28-29,31,35H,6,10,14-15H2,1-5H3,(H,36,40)/b12-9+,19-16+/t18-,20+,23-,24-,28-,29-,31-,33+,34-/m0/s1. The Bertz CT molecular complexity index is 1500. The summed E-state index contributed by atoms with van der Waals surface area (Å²) in [5.41, 5.74) is 0.728. The maximum Gasteiger partial charge on any atom is 0.235 e. The molecule has 1 saturated carbocycles. The van der Waals surface area contributed by atoms with Crippen LogP contribution in [-0.4, -0.2) is 46.0 Å². The fraction of sp³-hybridized carbons (Fsp3) is 0.529. The number of amides is 1. The van der Waals surface area contributed by atoms with E-state index in [0.717, 1.165) is 22.9 Å². The van der Waals surface area contributed by atoms with Crippen LogP contribution in [0.3, 0.4) is 0 Å². The average molecular weight is 557 g/mol. The van der Waals surface area contributed by atoms with Gasteiger partial charge in [-0.05, 0) is 49.3 Å². The number of nitrogens with one attached hydrogen (secondary N) is 2. The predicted molar refractivity (Wildman–Crippen MR) is 156 cm³/mol.